The van der Waals surface area contributed by atoms with E-state index >= 15 is 0 Å². The summed E-state index contributed by atoms with van der Waals surface area (Å²) in [6, 6.07) is 14.7. The Kier molecular flexibility index (Phi) is 7.21. The average Bonchev–Trinajstić information content (AvgIpc) is 3.25. The highest BCUT2D eigenvalue weighted by molar-refractivity contribution is 8.00. The molecule has 168 valence electrons. The van der Waals surface area contributed by atoms with Crippen LogP contribution in [0.3, 0.4) is 0 Å². The first-order chi connectivity index (χ1) is 16.1. The Hall–Kier alpha value is -3.43. The summed E-state index contributed by atoms with van der Waals surface area (Å²) in [5, 5.41) is 12.2. The number of rotatable bonds is 8. The fourth-order valence-electron chi connectivity index (χ4n) is 3.05. The highest BCUT2D eigenvalue weighted by Gasteiger charge is 2.23. The molecule has 0 saturated carbocycles. The van der Waals surface area contributed by atoms with Crippen LogP contribution in [0, 0.1) is 0 Å². The van der Waals surface area contributed by atoms with E-state index in [1.165, 1.54) is 18.0 Å². The van der Waals surface area contributed by atoms with Crippen molar-refractivity contribution < 1.29 is 9.53 Å². The fourth-order valence-corrected chi connectivity index (χ4v) is 4.03. The van der Waals surface area contributed by atoms with Gasteiger partial charge in [0.15, 0.2) is 11.0 Å². The summed E-state index contributed by atoms with van der Waals surface area (Å²) in [5.74, 6) is 1.50. The molecule has 0 aliphatic carbocycles. The van der Waals surface area contributed by atoms with Gasteiger partial charge >= 0.3 is 0 Å². The summed E-state index contributed by atoms with van der Waals surface area (Å²) >= 11 is 7.16. The molecule has 33 heavy (non-hydrogen) atoms. The molecular weight excluding hydrogens is 460 g/mol. The van der Waals surface area contributed by atoms with Gasteiger partial charge in [-0.1, -0.05) is 35.5 Å². The molecule has 0 aliphatic rings. The molecule has 3 heterocycles. The number of carbonyl (C=O) groups is 1. The molecule has 0 saturated heterocycles. The molecule has 1 aromatic carbocycles. The molecule has 1 amide bonds. The third kappa shape index (κ3) is 5.32. The molecule has 0 fully saturated rings. The molecule has 4 aromatic rings. The zero-order chi connectivity index (χ0) is 23.2. The van der Waals surface area contributed by atoms with Gasteiger partial charge in [0.05, 0.1) is 22.6 Å². The maximum Gasteiger partial charge on any atom is 0.238 e. The van der Waals surface area contributed by atoms with Crippen LogP contribution in [0.25, 0.3) is 17.1 Å². The van der Waals surface area contributed by atoms with Crippen LogP contribution in [0.1, 0.15) is 13.8 Å². The lowest BCUT2D eigenvalue weighted by atomic mass is 10.2. The van der Waals surface area contributed by atoms with Crippen LogP contribution in [-0.4, -0.2) is 42.5 Å². The van der Waals surface area contributed by atoms with Crippen LogP contribution in [0.15, 0.2) is 72.3 Å². The van der Waals surface area contributed by atoms with E-state index in [-0.39, 0.29) is 5.91 Å². The zero-order valence-corrected chi connectivity index (χ0v) is 19.5. The normalized spacial score (nSPS) is 11.7. The van der Waals surface area contributed by atoms with Crippen molar-refractivity contribution in [3.8, 4) is 22.8 Å². The van der Waals surface area contributed by atoms with Crippen molar-refractivity contribution in [3.05, 3.63) is 72.1 Å². The molecule has 0 spiro atoms. The van der Waals surface area contributed by atoms with E-state index in [4.69, 9.17) is 16.3 Å². The number of nitrogens with zero attached hydrogens (tertiary/aromatic N) is 5. The Morgan fingerprint density at radius 3 is 2.73 bits per heavy atom. The number of halogens is 1. The van der Waals surface area contributed by atoms with Crippen molar-refractivity contribution >= 4 is 35.1 Å². The molecule has 1 N–H and O–H groups in total. The largest absolute Gasteiger partial charge is 0.492 e. The van der Waals surface area contributed by atoms with Crippen molar-refractivity contribution in [3.63, 3.8) is 0 Å². The predicted octanol–water partition coefficient (Wildman–Crippen LogP) is 4.90. The van der Waals surface area contributed by atoms with Gasteiger partial charge in [0.25, 0.3) is 0 Å². The Bertz CT molecular complexity index is 1230. The Labute approximate surface area is 200 Å². The van der Waals surface area contributed by atoms with Crippen molar-refractivity contribution in [1.29, 1.82) is 0 Å². The van der Waals surface area contributed by atoms with Gasteiger partial charge in [-0.05, 0) is 50.2 Å². The van der Waals surface area contributed by atoms with E-state index < -0.39 is 5.25 Å². The van der Waals surface area contributed by atoms with Gasteiger partial charge in [-0.15, -0.1) is 10.2 Å². The number of pyridine rings is 2. The Morgan fingerprint density at radius 2 is 2.00 bits per heavy atom. The molecule has 10 heteroatoms. The van der Waals surface area contributed by atoms with E-state index in [0.717, 1.165) is 11.3 Å². The van der Waals surface area contributed by atoms with Crippen molar-refractivity contribution in [1.82, 2.24) is 24.7 Å². The predicted molar refractivity (Wildman–Crippen MR) is 129 cm³/mol. The smallest absolute Gasteiger partial charge is 0.238 e. The minimum Gasteiger partial charge on any atom is -0.492 e. The minimum absolute atomic E-state index is 0.217. The summed E-state index contributed by atoms with van der Waals surface area (Å²) in [5.41, 5.74) is 1.57. The number of para-hydroxylation sites is 2. The van der Waals surface area contributed by atoms with Gasteiger partial charge in [-0.2, -0.15) is 0 Å². The maximum atomic E-state index is 12.8. The van der Waals surface area contributed by atoms with Gasteiger partial charge in [0, 0.05) is 24.2 Å². The van der Waals surface area contributed by atoms with Gasteiger partial charge in [0.2, 0.25) is 5.91 Å². The first kappa shape index (κ1) is 22.8. The number of thioether (sulfide) groups is 1. The van der Waals surface area contributed by atoms with Crippen LogP contribution in [0.2, 0.25) is 5.02 Å². The van der Waals surface area contributed by atoms with Crippen LogP contribution in [0.4, 0.5) is 5.82 Å². The highest BCUT2D eigenvalue weighted by atomic mass is 35.5. The number of hydrogen-bond acceptors (Lipinski definition) is 7. The SMILES string of the molecule is CCOc1ccccc1-n1c(S[C@H](C)C(=O)Nc2ccc(Cl)cn2)nnc1-c1cccnc1. The van der Waals surface area contributed by atoms with Crippen LogP contribution in [0.5, 0.6) is 5.75 Å². The Morgan fingerprint density at radius 1 is 1.15 bits per heavy atom. The number of nitrogens with one attached hydrogen (secondary N) is 1. The first-order valence-corrected chi connectivity index (χ1v) is 11.5. The van der Waals surface area contributed by atoms with Crippen molar-refractivity contribution in [2.45, 2.75) is 24.3 Å². The van der Waals surface area contributed by atoms with E-state index in [9.17, 15) is 4.79 Å². The number of carbonyl (C=O) groups excluding carboxylic acids is 1. The second kappa shape index (κ2) is 10.5. The van der Waals surface area contributed by atoms with Crippen LogP contribution in [-0.2, 0) is 4.79 Å². The molecule has 0 radical (unpaired) electrons. The fraction of sp³-hybridized carbons (Fsp3) is 0.174. The molecule has 4 rings (SSSR count). The molecular formula is C23H21ClN6O2S. The van der Waals surface area contributed by atoms with E-state index in [1.807, 2.05) is 47.9 Å². The number of benzene rings is 1. The number of hydrogen-bond donors (Lipinski definition) is 1. The number of amides is 1. The van der Waals surface area contributed by atoms with Crippen molar-refractivity contribution in [2.75, 3.05) is 11.9 Å². The topological polar surface area (TPSA) is 94.8 Å². The second-order valence-electron chi connectivity index (χ2n) is 6.90. The highest BCUT2D eigenvalue weighted by Crippen LogP contribution is 2.34. The third-order valence-corrected chi connectivity index (χ3v) is 5.86. The number of aromatic nitrogens is 5. The molecule has 0 aliphatic heterocycles. The maximum absolute atomic E-state index is 12.8. The number of anilines is 1. The molecule has 0 bridgehead atoms. The minimum atomic E-state index is -0.480. The Balaban J connectivity index is 1.68. The molecule has 3 aromatic heterocycles. The molecule has 1 atom stereocenters. The summed E-state index contributed by atoms with van der Waals surface area (Å²) < 4.78 is 7.73. The average molecular weight is 481 g/mol. The van der Waals surface area contributed by atoms with Gasteiger partial charge < -0.3 is 10.1 Å². The van der Waals surface area contributed by atoms with Gasteiger partial charge in [0.1, 0.15) is 11.6 Å². The summed E-state index contributed by atoms with van der Waals surface area (Å²) in [6.07, 6.45) is 4.91. The van der Waals surface area contributed by atoms with Crippen LogP contribution < -0.4 is 10.1 Å². The van der Waals surface area contributed by atoms with Gasteiger partial charge in [-0.25, -0.2) is 4.98 Å². The first-order valence-electron chi connectivity index (χ1n) is 10.2. The van der Waals surface area contributed by atoms with Gasteiger partial charge in [-0.3, -0.25) is 14.3 Å². The lowest BCUT2D eigenvalue weighted by Gasteiger charge is -2.16. The van der Waals surface area contributed by atoms with Crippen molar-refractivity contribution in [2.24, 2.45) is 0 Å². The third-order valence-electron chi connectivity index (χ3n) is 4.59. The summed E-state index contributed by atoms with van der Waals surface area (Å²) in [7, 11) is 0. The van der Waals surface area contributed by atoms with E-state index in [1.54, 1.807) is 31.5 Å². The summed E-state index contributed by atoms with van der Waals surface area (Å²) in [4.78, 5) is 21.1. The lowest BCUT2D eigenvalue weighted by molar-refractivity contribution is -0.115. The number of ether oxygens (including phenoxy) is 1. The lowest BCUT2D eigenvalue weighted by Crippen LogP contribution is -2.23. The van der Waals surface area contributed by atoms with Crippen LogP contribution >= 0.6 is 23.4 Å². The second-order valence-corrected chi connectivity index (χ2v) is 8.64. The summed E-state index contributed by atoms with van der Waals surface area (Å²) in [6.45, 7) is 4.24. The molecule has 0 unspecified atom stereocenters. The van der Waals surface area contributed by atoms with E-state index in [2.05, 4.69) is 25.5 Å². The van der Waals surface area contributed by atoms with E-state index in [0.29, 0.717) is 34.2 Å². The standard InChI is InChI=1S/C23H21ClN6O2S/c1-3-32-19-9-5-4-8-18(19)30-21(16-7-6-12-25-13-16)28-29-23(30)33-15(2)22(31)27-20-11-10-17(24)14-26-20/h4-15H,3H2,1-2H3,(H,26,27,31)/t15-/m1/s1. The monoisotopic (exact) mass is 480 g/mol. The quantitative estimate of drug-likeness (QED) is 0.358. The zero-order valence-electron chi connectivity index (χ0n) is 18.0. The molecule has 8 nitrogen and oxygen atoms in total.